The summed E-state index contributed by atoms with van der Waals surface area (Å²) in [5, 5.41) is 0. The fourth-order valence-electron chi connectivity index (χ4n) is 0.988. The Bertz CT molecular complexity index is 185. The van der Waals surface area contributed by atoms with Gasteiger partial charge in [0.25, 0.3) is 0 Å². The molecule has 0 radical (unpaired) electrons. The van der Waals surface area contributed by atoms with E-state index in [2.05, 4.69) is 15.9 Å². The number of carbonyl (C=O) groups is 2. The first-order chi connectivity index (χ1) is 5.48. The second-order valence-corrected chi connectivity index (χ2v) is 3.29. The molecular weight excluding hydrogens is 224 g/mol. The Kier molecular flexibility index (Phi) is 4.45. The molecule has 3 nitrogen and oxygen atoms in total. The predicted molar refractivity (Wildman–Crippen MR) is 49.0 cm³/mol. The first-order valence-electron chi connectivity index (χ1n) is 3.88. The number of ether oxygens (including phenoxy) is 1. The van der Waals surface area contributed by atoms with Gasteiger partial charge in [-0.3, -0.25) is 9.59 Å². The van der Waals surface area contributed by atoms with Crippen LogP contribution in [0.2, 0.25) is 0 Å². The molecule has 0 spiro atoms. The smallest absolute Gasteiger partial charge is 0.303 e. The summed E-state index contributed by atoms with van der Waals surface area (Å²) in [6.45, 7) is 4.92. The zero-order valence-corrected chi connectivity index (χ0v) is 9.10. The summed E-state index contributed by atoms with van der Waals surface area (Å²) in [5.41, 5.74) is -0.966. The normalized spacial score (nSPS) is 11.0. The molecule has 0 aromatic carbocycles. The van der Waals surface area contributed by atoms with E-state index >= 15 is 0 Å². The molecule has 12 heavy (non-hydrogen) atoms. The minimum Gasteiger partial charge on any atom is -0.450 e. The van der Waals surface area contributed by atoms with Gasteiger partial charge in [-0.25, -0.2) is 0 Å². The Hall–Kier alpha value is -0.380. The van der Waals surface area contributed by atoms with E-state index in [1.165, 1.54) is 6.92 Å². The average molecular weight is 237 g/mol. The maximum atomic E-state index is 11.1. The minimum atomic E-state index is -0.966. The molecule has 0 amide bonds. The molecule has 4 heteroatoms. The highest BCUT2D eigenvalue weighted by molar-refractivity contribution is 9.18. The Morgan fingerprint density at radius 1 is 1.33 bits per heavy atom. The van der Waals surface area contributed by atoms with Gasteiger partial charge in [-0.2, -0.15) is 0 Å². The van der Waals surface area contributed by atoms with Gasteiger partial charge in [0, 0.05) is 6.92 Å². The monoisotopic (exact) mass is 236 g/mol. The number of hydrogen-bond donors (Lipinski definition) is 0. The van der Waals surface area contributed by atoms with Crippen LogP contribution in [-0.4, -0.2) is 16.3 Å². The van der Waals surface area contributed by atoms with E-state index in [0.717, 1.165) is 0 Å². The molecule has 0 unspecified atom stereocenters. The van der Waals surface area contributed by atoms with E-state index in [4.69, 9.17) is 4.74 Å². The van der Waals surface area contributed by atoms with Crippen molar-refractivity contribution in [2.24, 2.45) is 0 Å². The van der Waals surface area contributed by atoms with E-state index in [1.807, 2.05) is 13.8 Å². The standard InChI is InChI=1S/C8H13BrO3/c1-4-8(5-2,7(9)11)12-6(3)10/h4-5H2,1-3H3. The van der Waals surface area contributed by atoms with Gasteiger partial charge in [0.05, 0.1) is 0 Å². The van der Waals surface area contributed by atoms with Crippen molar-refractivity contribution in [3.8, 4) is 0 Å². The van der Waals surface area contributed by atoms with Crippen LogP contribution in [-0.2, 0) is 14.3 Å². The first-order valence-corrected chi connectivity index (χ1v) is 4.67. The van der Waals surface area contributed by atoms with Crippen LogP contribution in [0, 0.1) is 0 Å². The first kappa shape index (κ1) is 11.6. The summed E-state index contributed by atoms with van der Waals surface area (Å²) in [6.07, 6.45) is 0.986. The summed E-state index contributed by atoms with van der Waals surface area (Å²) in [6, 6.07) is 0. The average Bonchev–Trinajstić information content (AvgIpc) is 1.99. The quantitative estimate of drug-likeness (QED) is 0.555. The second kappa shape index (κ2) is 4.60. The zero-order chi connectivity index (χ0) is 9.78. The lowest BCUT2D eigenvalue weighted by molar-refractivity contribution is -0.162. The van der Waals surface area contributed by atoms with E-state index in [0.29, 0.717) is 12.8 Å². The van der Waals surface area contributed by atoms with Gasteiger partial charge < -0.3 is 4.74 Å². The van der Waals surface area contributed by atoms with Crippen molar-refractivity contribution in [2.75, 3.05) is 0 Å². The lowest BCUT2D eigenvalue weighted by atomic mass is 9.99. The Morgan fingerprint density at radius 2 is 1.75 bits per heavy atom. The molecular formula is C8H13BrO3. The lowest BCUT2D eigenvalue weighted by Crippen LogP contribution is -2.38. The topological polar surface area (TPSA) is 43.4 Å². The van der Waals surface area contributed by atoms with Crippen molar-refractivity contribution in [1.29, 1.82) is 0 Å². The summed E-state index contributed by atoms with van der Waals surface area (Å²) in [7, 11) is 0. The maximum Gasteiger partial charge on any atom is 0.303 e. The molecule has 0 aromatic rings. The van der Waals surface area contributed by atoms with E-state index in [-0.39, 0.29) is 4.69 Å². The summed E-state index contributed by atoms with van der Waals surface area (Å²) < 4.78 is 4.69. The van der Waals surface area contributed by atoms with Crippen LogP contribution in [0.25, 0.3) is 0 Å². The SMILES string of the molecule is CCC(CC)(OC(C)=O)C(=O)Br. The van der Waals surface area contributed by atoms with Gasteiger partial charge in [-0.15, -0.1) is 0 Å². The molecule has 0 saturated carbocycles. The Balaban J connectivity index is 4.58. The van der Waals surface area contributed by atoms with Crippen LogP contribution in [0.3, 0.4) is 0 Å². The Morgan fingerprint density at radius 3 is 1.83 bits per heavy atom. The van der Waals surface area contributed by atoms with Gasteiger partial charge in [0.15, 0.2) is 5.60 Å². The highest BCUT2D eigenvalue weighted by atomic mass is 79.9. The summed E-state index contributed by atoms with van der Waals surface area (Å²) >= 11 is 2.83. The van der Waals surface area contributed by atoms with Gasteiger partial charge in [-0.1, -0.05) is 13.8 Å². The highest BCUT2D eigenvalue weighted by Gasteiger charge is 2.36. The van der Waals surface area contributed by atoms with Crippen LogP contribution < -0.4 is 0 Å². The van der Waals surface area contributed by atoms with Crippen LogP contribution in [0.15, 0.2) is 0 Å². The Labute approximate surface area is 80.6 Å². The molecule has 0 bridgehead atoms. The third-order valence-corrected chi connectivity index (χ3v) is 2.56. The van der Waals surface area contributed by atoms with E-state index in [9.17, 15) is 9.59 Å². The minimum absolute atomic E-state index is 0.268. The fraction of sp³-hybridized carbons (Fsp3) is 0.750. The molecule has 70 valence electrons. The van der Waals surface area contributed by atoms with Gasteiger partial charge in [0.1, 0.15) is 0 Å². The molecule has 0 rings (SSSR count). The van der Waals surface area contributed by atoms with Crippen molar-refractivity contribution < 1.29 is 14.3 Å². The number of halogens is 1. The van der Waals surface area contributed by atoms with Crippen molar-refractivity contribution >= 4 is 26.6 Å². The number of carbonyl (C=O) groups excluding carboxylic acids is 2. The van der Waals surface area contributed by atoms with Crippen LogP contribution in [0.5, 0.6) is 0 Å². The van der Waals surface area contributed by atoms with E-state index in [1.54, 1.807) is 0 Å². The summed E-state index contributed by atoms with van der Waals surface area (Å²) in [5.74, 6) is -0.425. The molecule has 0 saturated heterocycles. The zero-order valence-electron chi connectivity index (χ0n) is 7.52. The van der Waals surface area contributed by atoms with Crippen molar-refractivity contribution in [3.05, 3.63) is 0 Å². The number of rotatable bonds is 4. The van der Waals surface area contributed by atoms with Crippen molar-refractivity contribution in [3.63, 3.8) is 0 Å². The third-order valence-electron chi connectivity index (χ3n) is 1.84. The molecule has 0 fully saturated rings. The molecule has 0 atom stereocenters. The molecule has 0 aliphatic rings. The van der Waals surface area contributed by atoms with Gasteiger partial charge in [0.2, 0.25) is 4.69 Å². The van der Waals surface area contributed by atoms with Gasteiger partial charge in [-0.05, 0) is 28.8 Å². The van der Waals surface area contributed by atoms with Crippen molar-refractivity contribution in [1.82, 2.24) is 0 Å². The van der Waals surface area contributed by atoms with Crippen LogP contribution >= 0.6 is 15.9 Å². The molecule has 0 aromatic heterocycles. The number of esters is 1. The lowest BCUT2D eigenvalue weighted by Gasteiger charge is -2.26. The largest absolute Gasteiger partial charge is 0.450 e. The maximum absolute atomic E-state index is 11.1. The van der Waals surface area contributed by atoms with Crippen LogP contribution in [0.4, 0.5) is 0 Å². The summed E-state index contributed by atoms with van der Waals surface area (Å²) in [4.78, 5) is 21.8. The van der Waals surface area contributed by atoms with Crippen LogP contribution in [0.1, 0.15) is 33.6 Å². The second-order valence-electron chi connectivity index (χ2n) is 2.57. The van der Waals surface area contributed by atoms with Gasteiger partial charge >= 0.3 is 5.97 Å². The highest BCUT2D eigenvalue weighted by Crippen LogP contribution is 2.24. The molecule has 0 heterocycles. The number of hydrogen-bond acceptors (Lipinski definition) is 3. The molecule has 0 aliphatic heterocycles. The van der Waals surface area contributed by atoms with Crippen molar-refractivity contribution in [2.45, 2.75) is 39.2 Å². The van der Waals surface area contributed by atoms with E-state index < -0.39 is 11.6 Å². The third kappa shape index (κ3) is 2.59. The molecule has 0 N–H and O–H groups in total. The predicted octanol–water partition coefficient (Wildman–Crippen LogP) is 2.03. The molecule has 0 aliphatic carbocycles. The fourth-order valence-corrected chi connectivity index (χ4v) is 1.63.